The predicted molar refractivity (Wildman–Crippen MR) is 186 cm³/mol. The van der Waals surface area contributed by atoms with E-state index in [-0.39, 0.29) is 29.3 Å². The number of ether oxygens (including phenoxy) is 4. The average molecular weight is 672 g/mol. The lowest BCUT2D eigenvalue weighted by atomic mass is 10.0. The molecule has 0 unspecified atom stereocenters. The number of nitrogens with zero attached hydrogens (tertiary/aromatic N) is 5. The monoisotopic (exact) mass is 671 g/mol. The van der Waals surface area contributed by atoms with Crippen LogP contribution < -0.4 is 4.90 Å². The molecule has 0 saturated heterocycles. The first-order valence-corrected chi connectivity index (χ1v) is 16.2. The number of benzene rings is 2. The average Bonchev–Trinajstić information content (AvgIpc) is 3.34. The number of amides is 2. The van der Waals surface area contributed by atoms with Crippen molar-refractivity contribution < 1.29 is 33.3 Å². The molecule has 0 bridgehead atoms. The molecule has 4 aromatic rings. The Morgan fingerprint density at radius 3 is 1.88 bits per heavy atom. The summed E-state index contributed by atoms with van der Waals surface area (Å²) < 4.78 is 24.1. The van der Waals surface area contributed by atoms with Crippen LogP contribution in [0.2, 0.25) is 0 Å². The molecule has 0 N–H and O–H groups in total. The standard InChI is InChI=1S/C37H45N5O7/c1-11-46-22-28-40-29-30(41(28)32(43)47-35(2,3)4)26-17-16-25(20-24-14-12-23(13-15-24)18-19-38)21-27(26)39-31(29)42(33(44)48-36(5,6)7)34(45)49-37(8,9)10/h12-17,21H,11,18,20,22H2,1-10H3. The Morgan fingerprint density at radius 2 is 1.35 bits per heavy atom. The maximum atomic E-state index is 13.9. The van der Waals surface area contributed by atoms with Crippen LogP contribution in [0.25, 0.3) is 21.9 Å². The largest absolute Gasteiger partial charge is 0.443 e. The SMILES string of the molecule is CCOCc1nc2c(N(C(=O)OC(C)(C)C)C(=O)OC(C)(C)C)nc3cc(Cc4ccc(CC#N)cc4)ccc3c2n1C(=O)OC(C)(C)C. The van der Waals surface area contributed by atoms with Gasteiger partial charge in [-0.3, -0.25) is 0 Å². The van der Waals surface area contributed by atoms with Gasteiger partial charge in [-0.1, -0.05) is 36.4 Å². The number of rotatable bonds is 7. The van der Waals surface area contributed by atoms with Crippen LogP contribution in [-0.2, 0) is 38.4 Å². The highest BCUT2D eigenvalue weighted by Crippen LogP contribution is 2.35. The minimum atomic E-state index is -1.03. The highest BCUT2D eigenvalue weighted by molar-refractivity contribution is 6.18. The third-order valence-corrected chi connectivity index (χ3v) is 6.79. The van der Waals surface area contributed by atoms with Crippen LogP contribution in [0.1, 0.15) is 91.8 Å². The fraction of sp³-hybridized carbons (Fsp3) is 0.459. The van der Waals surface area contributed by atoms with Gasteiger partial charge >= 0.3 is 18.3 Å². The topological polar surface area (TPSA) is 146 Å². The van der Waals surface area contributed by atoms with Gasteiger partial charge in [0.05, 0.1) is 23.5 Å². The van der Waals surface area contributed by atoms with Crippen molar-refractivity contribution in [3.05, 3.63) is 65.0 Å². The van der Waals surface area contributed by atoms with Crippen molar-refractivity contribution in [3.8, 4) is 6.07 Å². The molecule has 0 fully saturated rings. The first-order valence-electron chi connectivity index (χ1n) is 16.2. The van der Waals surface area contributed by atoms with Gasteiger partial charge in [0, 0.05) is 12.0 Å². The summed E-state index contributed by atoms with van der Waals surface area (Å²) in [5, 5.41) is 9.56. The van der Waals surface area contributed by atoms with Crippen LogP contribution in [-0.4, -0.2) is 56.2 Å². The Balaban J connectivity index is 2.05. The fourth-order valence-electron chi connectivity index (χ4n) is 4.93. The van der Waals surface area contributed by atoms with E-state index in [1.807, 2.05) is 49.4 Å². The van der Waals surface area contributed by atoms with E-state index < -0.39 is 35.1 Å². The number of fused-ring (bicyclic) bond motifs is 3. The van der Waals surface area contributed by atoms with Gasteiger partial charge in [0.15, 0.2) is 5.82 Å². The van der Waals surface area contributed by atoms with E-state index in [4.69, 9.17) is 34.2 Å². The number of nitriles is 1. The van der Waals surface area contributed by atoms with Gasteiger partial charge in [-0.2, -0.15) is 10.2 Å². The second kappa shape index (κ2) is 14.2. The summed E-state index contributed by atoms with van der Waals surface area (Å²) >= 11 is 0. The second-order valence-corrected chi connectivity index (χ2v) is 14.6. The maximum Gasteiger partial charge on any atom is 0.425 e. The molecule has 0 atom stereocenters. The van der Waals surface area contributed by atoms with E-state index >= 15 is 0 Å². The summed E-state index contributed by atoms with van der Waals surface area (Å²) in [4.78, 5) is 51.8. The Morgan fingerprint density at radius 1 is 0.796 bits per heavy atom. The molecular weight excluding hydrogens is 626 g/mol. The van der Waals surface area contributed by atoms with Crippen LogP contribution in [0.5, 0.6) is 0 Å². The third-order valence-electron chi connectivity index (χ3n) is 6.79. The van der Waals surface area contributed by atoms with Crippen molar-refractivity contribution in [2.45, 2.75) is 105 Å². The zero-order valence-electron chi connectivity index (χ0n) is 30.0. The van der Waals surface area contributed by atoms with Crippen LogP contribution >= 0.6 is 0 Å². The Labute approximate surface area is 286 Å². The van der Waals surface area contributed by atoms with Crippen molar-refractivity contribution in [2.75, 3.05) is 11.5 Å². The van der Waals surface area contributed by atoms with Crippen molar-refractivity contribution in [1.29, 1.82) is 5.26 Å². The number of aromatic nitrogens is 3. The first kappa shape index (κ1) is 36.8. The molecule has 260 valence electrons. The second-order valence-electron chi connectivity index (χ2n) is 14.6. The number of imide groups is 1. The molecule has 12 heteroatoms. The van der Waals surface area contributed by atoms with Gasteiger partial charge in [-0.05, 0) is 98.4 Å². The summed E-state index contributed by atoms with van der Waals surface area (Å²) in [5.41, 5.74) is 0.725. The van der Waals surface area contributed by atoms with Crippen molar-refractivity contribution in [2.24, 2.45) is 0 Å². The highest BCUT2D eigenvalue weighted by Gasteiger charge is 2.37. The normalized spacial score (nSPS) is 12.1. The minimum absolute atomic E-state index is 0.0654. The fourth-order valence-corrected chi connectivity index (χ4v) is 4.93. The van der Waals surface area contributed by atoms with E-state index in [1.54, 1.807) is 62.3 Å². The maximum absolute atomic E-state index is 13.9. The Bertz CT molecular complexity index is 1880. The smallest absolute Gasteiger partial charge is 0.425 e. The summed E-state index contributed by atoms with van der Waals surface area (Å²) in [7, 11) is 0. The number of hydrogen-bond donors (Lipinski definition) is 0. The van der Waals surface area contributed by atoms with Crippen LogP contribution in [0.4, 0.5) is 20.2 Å². The zero-order valence-corrected chi connectivity index (χ0v) is 30.0. The van der Waals surface area contributed by atoms with E-state index in [0.29, 0.717) is 30.4 Å². The van der Waals surface area contributed by atoms with E-state index in [1.165, 1.54) is 4.57 Å². The quantitative estimate of drug-likeness (QED) is 0.176. The van der Waals surface area contributed by atoms with Crippen LogP contribution in [0.3, 0.4) is 0 Å². The lowest BCUT2D eigenvalue weighted by molar-refractivity contribution is 0.0427. The van der Waals surface area contributed by atoms with Crippen molar-refractivity contribution in [3.63, 3.8) is 0 Å². The van der Waals surface area contributed by atoms with Crippen LogP contribution in [0.15, 0.2) is 42.5 Å². The number of anilines is 1. The highest BCUT2D eigenvalue weighted by atomic mass is 16.6. The number of hydrogen-bond acceptors (Lipinski definition) is 10. The van der Waals surface area contributed by atoms with Gasteiger partial charge in [0.2, 0.25) is 0 Å². The molecule has 2 aromatic carbocycles. The predicted octanol–water partition coefficient (Wildman–Crippen LogP) is 8.24. The molecule has 2 amide bonds. The minimum Gasteiger partial charge on any atom is -0.443 e. The molecular formula is C37H45N5O7. The molecule has 2 aromatic heterocycles. The van der Waals surface area contributed by atoms with Gasteiger partial charge in [-0.25, -0.2) is 28.9 Å². The van der Waals surface area contributed by atoms with Gasteiger partial charge in [0.1, 0.15) is 34.8 Å². The molecule has 4 rings (SSSR count). The molecule has 0 radical (unpaired) electrons. The molecule has 0 aliphatic heterocycles. The van der Waals surface area contributed by atoms with E-state index in [9.17, 15) is 14.4 Å². The molecule has 0 aliphatic rings. The van der Waals surface area contributed by atoms with E-state index in [2.05, 4.69) is 6.07 Å². The molecule has 0 aliphatic carbocycles. The van der Waals surface area contributed by atoms with Gasteiger partial charge in [0.25, 0.3) is 0 Å². The van der Waals surface area contributed by atoms with Crippen molar-refractivity contribution >= 4 is 46.0 Å². The summed E-state index contributed by atoms with van der Waals surface area (Å²) in [6.45, 7) is 17.4. The van der Waals surface area contributed by atoms with E-state index in [0.717, 1.165) is 21.6 Å². The number of carbonyl (C=O) groups excluding carboxylic acids is 3. The summed E-state index contributed by atoms with van der Waals surface area (Å²) in [6.07, 6.45) is -1.92. The molecule has 12 nitrogen and oxygen atoms in total. The zero-order chi connectivity index (χ0) is 36.3. The lowest BCUT2D eigenvalue weighted by Gasteiger charge is -2.28. The number of imidazole rings is 1. The third kappa shape index (κ3) is 9.32. The summed E-state index contributed by atoms with van der Waals surface area (Å²) in [6, 6.07) is 15.5. The van der Waals surface area contributed by atoms with Crippen molar-refractivity contribution in [1.82, 2.24) is 14.5 Å². The Kier molecular flexibility index (Phi) is 10.7. The molecule has 49 heavy (non-hydrogen) atoms. The Hall–Kier alpha value is -5.02. The summed E-state index contributed by atoms with van der Waals surface area (Å²) in [5.74, 6) is 0.0144. The molecule has 0 spiro atoms. The molecule has 2 heterocycles. The number of pyridine rings is 1. The van der Waals surface area contributed by atoms with Gasteiger partial charge < -0.3 is 18.9 Å². The lowest BCUT2D eigenvalue weighted by Crippen LogP contribution is -2.44. The molecule has 0 saturated carbocycles. The van der Waals surface area contributed by atoms with Crippen LogP contribution in [0, 0.1) is 11.3 Å². The first-order chi connectivity index (χ1) is 22.8. The van der Waals surface area contributed by atoms with Gasteiger partial charge in [-0.15, -0.1) is 0 Å². The number of carbonyl (C=O) groups is 3.